The molecular weight excluding hydrogens is 468 g/mol. The lowest BCUT2D eigenvalue weighted by molar-refractivity contribution is -0.142. The minimum absolute atomic E-state index is 0.0200. The van der Waals surface area contributed by atoms with Gasteiger partial charge in [-0.1, -0.05) is 47.6 Å². The van der Waals surface area contributed by atoms with E-state index in [0.29, 0.717) is 11.1 Å². The monoisotopic (exact) mass is 486 g/mol. The van der Waals surface area contributed by atoms with Crippen molar-refractivity contribution >= 4 is 5.97 Å². The van der Waals surface area contributed by atoms with E-state index in [9.17, 15) is 22.4 Å². The van der Waals surface area contributed by atoms with E-state index < -0.39 is 30.1 Å². The van der Waals surface area contributed by atoms with Gasteiger partial charge in [0.05, 0.1) is 12.2 Å². The fourth-order valence-electron chi connectivity index (χ4n) is 3.53. The van der Waals surface area contributed by atoms with Crippen LogP contribution < -0.4 is 0 Å². The summed E-state index contributed by atoms with van der Waals surface area (Å²) in [6, 6.07) is 14.5. The predicted molar refractivity (Wildman–Crippen MR) is 118 cm³/mol. The zero-order chi connectivity index (χ0) is 25.2. The van der Waals surface area contributed by atoms with Crippen LogP contribution in [0.15, 0.2) is 65.2 Å². The Bertz CT molecular complexity index is 1380. The van der Waals surface area contributed by atoms with Crippen LogP contribution in [0.25, 0.3) is 34.0 Å². The molecular formula is C25H18F4N2O4. The highest BCUT2D eigenvalue weighted by molar-refractivity contribution is 5.74. The number of aromatic nitrogens is 2. The molecule has 0 saturated heterocycles. The van der Waals surface area contributed by atoms with Gasteiger partial charge in [0.1, 0.15) is 12.4 Å². The van der Waals surface area contributed by atoms with Crippen molar-refractivity contribution in [3.8, 4) is 34.0 Å². The van der Waals surface area contributed by atoms with Crippen LogP contribution in [0.4, 0.5) is 17.6 Å². The first kappa shape index (κ1) is 24.1. The van der Waals surface area contributed by atoms with Gasteiger partial charge >= 0.3 is 12.1 Å². The number of hydrogen-bond acceptors (Lipinski definition) is 5. The SMILES string of the molecule is Cc1ccccc1-c1ccc(-c2nc(-c3ccc(COCC(=O)O)c(F)c3)no2)cc1C(F)(F)F. The van der Waals surface area contributed by atoms with Gasteiger partial charge in [0, 0.05) is 16.7 Å². The van der Waals surface area contributed by atoms with Crippen LogP contribution in [0.5, 0.6) is 0 Å². The molecule has 180 valence electrons. The van der Waals surface area contributed by atoms with E-state index in [-0.39, 0.29) is 40.6 Å². The fraction of sp³-hybridized carbons (Fsp3) is 0.160. The number of alkyl halides is 3. The van der Waals surface area contributed by atoms with E-state index in [1.807, 2.05) is 0 Å². The molecule has 0 aliphatic carbocycles. The summed E-state index contributed by atoms with van der Waals surface area (Å²) in [7, 11) is 0. The van der Waals surface area contributed by atoms with Gasteiger partial charge in [-0.25, -0.2) is 9.18 Å². The molecule has 0 fully saturated rings. The van der Waals surface area contributed by atoms with Crippen molar-refractivity contribution in [1.29, 1.82) is 0 Å². The Hall–Kier alpha value is -4.05. The summed E-state index contributed by atoms with van der Waals surface area (Å²) in [5, 5.41) is 12.4. The second kappa shape index (κ2) is 9.67. The van der Waals surface area contributed by atoms with Crippen LogP contribution in [0.1, 0.15) is 16.7 Å². The van der Waals surface area contributed by atoms with E-state index in [0.717, 1.165) is 12.1 Å². The molecule has 0 unspecified atom stereocenters. The Morgan fingerprint density at radius 1 is 1.03 bits per heavy atom. The second-order valence-electron chi connectivity index (χ2n) is 7.69. The number of carbonyl (C=O) groups is 1. The Morgan fingerprint density at radius 2 is 1.77 bits per heavy atom. The molecule has 4 rings (SSSR count). The zero-order valence-electron chi connectivity index (χ0n) is 18.3. The molecule has 0 spiro atoms. The van der Waals surface area contributed by atoms with Gasteiger partial charge in [0.2, 0.25) is 5.82 Å². The Kier molecular flexibility index (Phi) is 6.65. The topological polar surface area (TPSA) is 85.5 Å². The molecule has 1 heterocycles. The molecule has 3 aromatic carbocycles. The van der Waals surface area contributed by atoms with E-state index in [1.165, 1.54) is 24.3 Å². The first-order chi connectivity index (χ1) is 16.6. The smallest absolute Gasteiger partial charge is 0.417 e. The van der Waals surface area contributed by atoms with Crippen molar-refractivity contribution in [1.82, 2.24) is 10.1 Å². The van der Waals surface area contributed by atoms with E-state index >= 15 is 0 Å². The van der Waals surface area contributed by atoms with Crippen LogP contribution >= 0.6 is 0 Å². The summed E-state index contributed by atoms with van der Waals surface area (Å²) >= 11 is 0. The van der Waals surface area contributed by atoms with Crippen LogP contribution in [-0.4, -0.2) is 27.8 Å². The average Bonchev–Trinajstić information content (AvgIpc) is 3.30. The standard InChI is InChI=1S/C25H18F4N2O4/c1-14-4-2-3-5-18(14)19-9-8-16(10-20(19)25(27,28)29)24-30-23(31-35-24)15-6-7-17(21(26)11-15)12-34-13-22(32)33/h2-11H,12-13H2,1H3,(H,32,33). The Labute approximate surface area is 196 Å². The third-order valence-electron chi connectivity index (χ3n) is 5.23. The van der Waals surface area contributed by atoms with Gasteiger partial charge < -0.3 is 14.4 Å². The number of carboxylic acids is 1. The second-order valence-corrected chi connectivity index (χ2v) is 7.69. The molecule has 0 aliphatic heterocycles. The molecule has 6 nitrogen and oxygen atoms in total. The van der Waals surface area contributed by atoms with E-state index in [1.54, 1.807) is 31.2 Å². The predicted octanol–water partition coefficient (Wildman–Crippen LogP) is 6.14. The number of nitrogens with zero attached hydrogens (tertiary/aromatic N) is 2. The van der Waals surface area contributed by atoms with Gasteiger partial charge in [0.25, 0.3) is 5.89 Å². The van der Waals surface area contributed by atoms with Crippen molar-refractivity contribution in [3.63, 3.8) is 0 Å². The average molecular weight is 486 g/mol. The van der Waals surface area contributed by atoms with Crippen molar-refractivity contribution in [2.45, 2.75) is 19.7 Å². The maximum Gasteiger partial charge on any atom is 0.417 e. The summed E-state index contributed by atoms with van der Waals surface area (Å²) in [5.74, 6) is -2.03. The Balaban J connectivity index is 1.64. The molecule has 0 bridgehead atoms. The van der Waals surface area contributed by atoms with Crippen LogP contribution in [0.2, 0.25) is 0 Å². The van der Waals surface area contributed by atoms with Gasteiger partial charge in [-0.05, 0) is 41.8 Å². The quantitative estimate of drug-likeness (QED) is 0.316. The number of hydrogen-bond donors (Lipinski definition) is 1. The van der Waals surface area contributed by atoms with Crippen LogP contribution in [-0.2, 0) is 22.3 Å². The number of ether oxygens (including phenoxy) is 1. The van der Waals surface area contributed by atoms with Gasteiger partial charge in [0.15, 0.2) is 0 Å². The van der Waals surface area contributed by atoms with Gasteiger partial charge in [-0.2, -0.15) is 18.2 Å². The van der Waals surface area contributed by atoms with Gasteiger partial charge in [-0.3, -0.25) is 0 Å². The molecule has 1 aromatic heterocycles. The maximum atomic E-state index is 14.4. The fourth-order valence-corrected chi connectivity index (χ4v) is 3.53. The maximum absolute atomic E-state index is 14.4. The largest absolute Gasteiger partial charge is 0.480 e. The molecule has 0 saturated carbocycles. The lowest BCUT2D eigenvalue weighted by Gasteiger charge is -2.15. The molecule has 10 heteroatoms. The van der Waals surface area contributed by atoms with Crippen molar-refractivity contribution < 1.29 is 36.7 Å². The van der Waals surface area contributed by atoms with Crippen molar-refractivity contribution in [3.05, 3.63) is 83.2 Å². The van der Waals surface area contributed by atoms with Crippen molar-refractivity contribution in [2.75, 3.05) is 6.61 Å². The highest BCUT2D eigenvalue weighted by atomic mass is 19.4. The molecule has 35 heavy (non-hydrogen) atoms. The van der Waals surface area contributed by atoms with E-state index in [2.05, 4.69) is 10.1 Å². The third kappa shape index (κ3) is 5.38. The highest BCUT2D eigenvalue weighted by Crippen LogP contribution is 2.40. The highest BCUT2D eigenvalue weighted by Gasteiger charge is 2.34. The van der Waals surface area contributed by atoms with Crippen LogP contribution in [0.3, 0.4) is 0 Å². The minimum Gasteiger partial charge on any atom is -0.480 e. The lowest BCUT2D eigenvalue weighted by Crippen LogP contribution is -2.08. The number of halogens is 4. The number of aryl methyl sites for hydroxylation is 1. The Morgan fingerprint density at radius 3 is 2.46 bits per heavy atom. The molecule has 0 atom stereocenters. The summed E-state index contributed by atoms with van der Waals surface area (Å²) in [5.41, 5.74) is 0.757. The minimum atomic E-state index is -4.63. The zero-order valence-corrected chi connectivity index (χ0v) is 18.3. The summed E-state index contributed by atoms with van der Waals surface area (Å²) < 4.78 is 66.1. The number of benzene rings is 3. The number of rotatable bonds is 7. The van der Waals surface area contributed by atoms with Crippen LogP contribution in [0, 0.1) is 12.7 Å². The first-order valence-corrected chi connectivity index (χ1v) is 10.3. The third-order valence-corrected chi connectivity index (χ3v) is 5.23. The van der Waals surface area contributed by atoms with Gasteiger partial charge in [-0.15, -0.1) is 0 Å². The number of aliphatic carboxylic acids is 1. The first-order valence-electron chi connectivity index (χ1n) is 10.3. The summed E-state index contributed by atoms with van der Waals surface area (Å²) in [6.07, 6.45) is -4.63. The van der Waals surface area contributed by atoms with Crippen molar-refractivity contribution in [2.24, 2.45) is 0 Å². The summed E-state index contributed by atoms with van der Waals surface area (Å²) in [6.45, 7) is 0.914. The molecule has 1 N–H and O–H groups in total. The molecule has 4 aromatic rings. The molecule has 0 radical (unpaired) electrons. The number of carboxylic acid groups (broad SMARTS) is 1. The summed E-state index contributed by atoms with van der Waals surface area (Å²) in [4.78, 5) is 14.6. The lowest BCUT2D eigenvalue weighted by atomic mass is 9.94. The molecule has 0 aliphatic rings. The van der Waals surface area contributed by atoms with E-state index in [4.69, 9.17) is 14.4 Å². The normalized spacial score (nSPS) is 11.6. The molecule has 0 amide bonds.